The summed E-state index contributed by atoms with van der Waals surface area (Å²) in [5.74, 6) is 0.330. The van der Waals surface area contributed by atoms with Crippen molar-refractivity contribution in [1.29, 1.82) is 0 Å². The second-order valence-corrected chi connectivity index (χ2v) is 7.43. The first kappa shape index (κ1) is 23.5. The van der Waals surface area contributed by atoms with Gasteiger partial charge in [0.05, 0.1) is 13.2 Å². The molecule has 2 aromatic carbocycles. The van der Waals surface area contributed by atoms with E-state index in [-0.39, 0.29) is 18.7 Å². The monoisotopic (exact) mass is 439 g/mol. The van der Waals surface area contributed by atoms with Crippen LogP contribution < -0.4 is 14.8 Å². The molecule has 0 atom stereocenters. The average Bonchev–Trinajstić information content (AvgIpc) is 3.32. The van der Waals surface area contributed by atoms with E-state index in [1.54, 1.807) is 43.5 Å². The van der Waals surface area contributed by atoms with E-state index >= 15 is 0 Å². The second kappa shape index (κ2) is 12.6. The van der Waals surface area contributed by atoms with Crippen molar-refractivity contribution >= 4 is 18.0 Å². The zero-order chi connectivity index (χ0) is 22.6. The summed E-state index contributed by atoms with van der Waals surface area (Å²) < 4.78 is 21.2. The van der Waals surface area contributed by atoms with Gasteiger partial charge in [0.2, 0.25) is 0 Å². The van der Waals surface area contributed by atoms with E-state index in [9.17, 15) is 9.59 Å². The first-order valence-electron chi connectivity index (χ1n) is 10.7. The molecule has 3 rings (SSSR count). The maximum absolute atomic E-state index is 12.3. The second-order valence-electron chi connectivity index (χ2n) is 7.43. The van der Waals surface area contributed by atoms with E-state index in [0.717, 1.165) is 31.2 Å². The topological polar surface area (TPSA) is 83.1 Å². The van der Waals surface area contributed by atoms with Crippen molar-refractivity contribution in [2.75, 3.05) is 27.1 Å². The van der Waals surface area contributed by atoms with Crippen LogP contribution in [0.25, 0.3) is 6.08 Å². The molecule has 0 heterocycles. The molecule has 0 aromatic heterocycles. The molecule has 1 N–H and O–H groups in total. The van der Waals surface area contributed by atoms with E-state index in [1.165, 1.54) is 6.08 Å². The summed E-state index contributed by atoms with van der Waals surface area (Å²) in [5, 5.41) is 3.04. The van der Waals surface area contributed by atoms with Gasteiger partial charge in [0.15, 0.2) is 6.79 Å². The Kier molecular flexibility index (Phi) is 9.28. The number of carbonyl (C=O) groups is 2. The van der Waals surface area contributed by atoms with Gasteiger partial charge in [0, 0.05) is 30.4 Å². The van der Waals surface area contributed by atoms with Crippen LogP contribution >= 0.6 is 0 Å². The van der Waals surface area contributed by atoms with Crippen LogP contribution in [0.3, 0.4) is 0 Å². The number of hydrogen-bond acceptors (Lipinski definition) is 6. The highest BCUT2D eigenvalue weighted by molar-refractivity contribution is 5.94. The molecule has 32 heavy (non-hydrogen) atoms. The van der Waals surface area contributed by atoms with Gasteiger partial charge in [-0.2, -0.15) is 0 Å². The van der Waals surface area contributed by atoms with Crippen LogP contribution in [0.2, 0.25) is 0 Å². The Hall–Kier alpha value is -3.16. The smallest absolute Gasteiger partial charge is 0.336 e. The van der Waals surface area contributed by atoms with Gasteiger partial charge in [0.25, 0.3) is 5.91 Å². The minimum atomic E-state index is -0.528. The summed E-state index contributed by atoms with van der Waals surface area (Å²) >= 11 is 0. The molecule has 1 aliphatic carbocycles. The number of carbonyl (C=O) groups excluding carboxylic acids is 2. The number of nitrogens with one attached hydrogen (secondary N) is 1. The highest BCUT2D eigenvalue weighted by Crippen LogP contribution is 2.21. The highest BCUT2D eigenvalue weighted by Gasteiger charge is 2.18. The summed E-state index contributed by atoms with van der Waals surface area (Å²) in [5.41, 5.74) is 1.27. The predicted octanol–water partition coefficient (Wildman–Crippen LogP) is 3.98. The van der Waals surface area contributed by atoms with E-state index in [0.29, 0.717) is 30.3 Å². The third-order valence-corrected chi connectivity index (χ3v) is 5.07. The summed E-state index contributed by atoms with van der Waals surface area (Å²) in [6, 6.07) is 14.1. The Bertz CT molecular complexity index is 903. The molecule has 170 valence electrons. The fraction of sp³-hybridized carbons (Fsp3) is 0.360. The van der Waals surface area contributed by atoms with Crippen LogP contribution in [-0.2, 0) is 14.3 Å². The Balaban J connectivity index is 1.50. The van der Waals surface area contributed by atoms with Gasteiger partial charge in [-0.1, -0.05) is 31.0 Å². The SMILES string of the molecule is COCCOCOc1ccccc1C=CC(=O)Oc1ccc(C(=O)NC2CCCC2)cc1. The number of methoxy groups -OCH3 is 1. The van der Waals surface area contributed by atoms with Gasteiger partial charge >= 0.3 is 5.97 Å². The zero-order valence-electron chi connectivity index (χ0n) is 18.3. The molecule has 0 saturated heterocycles. The molecule has 7 heteroatoms. The van der Waals surface area contributed by atoms with Crippen molar-refractivity contribution in [3.63, 3.8) is 0 Å². The van der Waals surface area contributed by atoms with Crippen molar-refractivity contribution in [3.05, 3.63) is 65.7 Å². The zero-order valence-corrected chi connectivity index (χ0v) is 18.3. The molecule has 0 unspecified atom stereocenters. The Morgan fingerprint density at radius 2 is 1.78 bits per heavy atom. The predicted molar refractivity (Wildman–Crippen MR) is 121 cm³/mol. The molecular weight excluding hydrogens is 410 g/mol. The standard InChI is InChI=1S/C25H29NO6/c1-29-16-17-30-18-31-23-9-5-2-6-19(23)12-15-24(27)32-22-13-10-20(11-14-22)25(28)26-21-7-3-4-8-21/h2,5-6,9-15,21H,3-4,7-8,16-18H2,1H3,(H,26,28). The fourth-order valence-electron chi connectivity index (χ4n) is 3.38. The van der Waals surface area contributed by atoms with E-state index in [4.69, 9.17) is 18.9 Å². The number of hydrogen-bond donors (Lipinski definition) is 1. The third kappa shape index (κ3) is 7.51. The highest BCUT2D eigenvalue weighted by atomic mass is 16.7. The lowest BCUT2D eigenvalue weighted by Gasteiger charge is -2.12. The van der Waals surface area contributed by atoms with E-state index in [1.807, 2.05) is 18.2 Å². The molecule has 1 amide bonds. The Morgan fingerprint density at radius 1 is 1.03 bits per heavy atom. The third-order valence-electron chi connectivity index (χ3n) is 5.07. The van der Waals surface area contributed by atoms with Crippen molar-refractivity contribution in [1.82, 2.24) is 5.32 Å². The average molecular weight is 440 g/mol. The maximum Gasteiger partial charge on any atom is 0.336 e. The number of para-hydroxylation sites is 1. The van der Waals surface area contributed by atoms with Crippen LogP contribution in [0.1, 0.15) is 41.6 Å². The lowest BCUT2D eigenvalue weighted by atomic mass is 10.1. The molecule has 0 spiro atoms. The van der Waals surface area contributed by atoms with Crippen LogP contribution in [-0.4, -0.2) is 45.0 Å². The van der Waals surface area contributed by atoms with Crippen LogP contribution in [0.5, 0.6) is 11.5 Å². The molecule has 0 aliphatic heterocycles. The van der Waals surface area contributed by atoms with Gasteiger partial charge in [0.1, 0.15) is 11.5 Å². The quantitative estimate of drug-likeness (QED) is 0.188. The van der Waals surface area contributed by atoms with Crippen LogP contribution in [0.15, 0.2) is 54.6 Å². The number of ether oxygens (including phenoxy) is 4. The lowest BCUT2D eigenvalue weighted by molar-refractivity contribution is -0.128. The van der Waals surface area contributed by atoms with E-state index < -0.39 is 5.97 Å². The lowest BCUT2D eigenvalue weighted by Crippen LogP contribution is -2.32. The molecule has 1 fully saturated rings. The summed E-state index contributed by atoms with van der Waals surface area (Å²) in [6.07, 6.45) is 7.33. The fourth-order valence-corrected chi connectivity index (χ4v) is 3.38. The van der Waals surface area contributed by atoms with Gasteiger partial charge in [-0.25, -0.2) is 4.79 Å². The minimum absolute atomic E-state index is 0.0827. The first-order valence-corrected chi connectivity index (χ1v) is 10.7. The summed E-state index contributed by atoms with van der Waals surface area (Å²) in [6.45, 7) is 1.00. The van der Waals surface area contributed by atoms with Gasteiger partial charge in [-0.05, 0) is 49.2 Å². The maximum atomic E-state index is 12.3. The molecule has 1 aliphatic rings. The van der Waals surface area contributed by atoms with Crippen molar-refractivity contribution in [2.45, 2.75) is 31.7 Å². The number of amides is 1. The van der Waals surface area contributed by atoms with Crippen molar-refractivity contribution in [2.24, 2.45) is 0 Å². The van der Waals surface area contributed by atoms with Gasteiger partial charge in [-0.15, -0.1) is 0 Å². The van der Waals surface area contributed by atoms with Crippen LogP contribution in [0, 0.1) is 0 Å². The van der Waals surface area contributed by atoms with E-state index in [2.05, 4.69) is 5.32 Å². The van der Waals surface area contributed by atoms with Crippen molar-refractivity contribution < 1.29 is 28.5 Å². The molecule has 7 nitrogen and oxygen atoms in total. The summed E-state index contributed by atoms with van der Waals surface area (Å²) in [7, 11) is 1.60. The Morgan fingerprint density at radius 3 is 2.53 bits per heavy atom. The number of esters is 1. The normalized spacial score (nSPS) is 13.9. The summed E-state index contributed by atoms with van der Waals surface area (Å²) in [4.78, 5) is 24.5. The molecular formula is C25H29NO6. The minimum Gasteiger partial charge on any atom is -0.467 e. The number of rotatable bonds is 11. The van der Waals surface area contributed by atoms with Gasteiger partial charge < -0.3 is 24.3 Å². The van der Waals surface area contributed by atoms with Crippen LogP contribution in [0.4, 0.5) is 0 Å². The van der Waals surface area contributed by atoms with Gasteiger partial charge in [-0.3, -0.25) is 4.79 Å². The molecule has 0 radical (unpaired) electrons. The van der Waals surface area contributed by atoms with Crippen molar-refractivity contribution in [3.8, 4) is 11.5 Å². The molecule has 0 bridgehead atoms. The largest absolute Gasteiger partial charge is 0.467 e. The first-order chi connectivity index (χ1) is 15.7. The molecule has 2 aromatic rings. The molecule has 1 saturated carbocycles. The Labute approximate surface area is 188 Å². The number of benzene rings is 2.